The molecule has 6 nitrogen and oxygen atoms in total. The summed E-state index contributed by atoms with van der Waals surface area (Å²) in [6.07, 6.45) is 1.52. The van der Waals surface area contributed by atoms with Crippen molar-refractivity contribution in [2.45, 2.75) is 13.5 Å². The molecule has 0 aromatic heterocycles. The van der Waals surface area contributed by atoms with Gasteiger partial charge in [-0.3, -0.25) is 4.79 Å². The highest BCUT2D eigenvalue weighted by Gasteiger charge is 2.16. The Labute approximate surface area is 166 Å². The molecule has 140 valence electrons. The van der Waals surface area contributed by atoms with Gasteiger partial charge in [0.25, 0.3) is 0 Å². The van der Waals surface area contributed by atoms with Crippen LogP contribution in [0.2, 0.25) is 5.02 Å². The summed E-state index contributed by atoms with van der Waals surface area (Å²) < 4.78 is 11.5. The summed E-state index contributed by atoms with van der Waals surface area (Å²) in [5, 5.41) is 11.5. The molecule has 0 unspecified atom stereocenters. The number of thioether (sulfide) groups is 1. The maximum absolute atomic E-state index is 11.1. The molecule has 2 aromatic carbocycles. The Morgan fingerprint density at radius 1 is 1.22 bits per heavy atom. The molecule has 1 aliphatic rings. The predicted octanol–water partition coefficient (Wildman–Crippen LogP) is 3.87. The van der Waals surface area contributed by atoms with E-state index in [0.717, 1.165) is 5.56 Å². The molecule has 1 fully saturated rings. The van der Waals surface area contributed by atoms with Gasteiger partial charge in [-0.1, -0.05) is 53.7 Å². The fourth-order valence-corrected chi connectivity index (χ4v) is 3.12. The van der Waals surface area contributed by atoms with Crippen LogP contribution in [0.15, 0.2) is 52.7 Å². The standard InChI is InChI=1S/C19H18ClN3O3S/c1-2-25-16-8-14(10-21-23-19-22-18(24)12-27-19)15(20)9-17(16)26-11-13-6-4-3-5-7-13/h3-10H,2,11-12H2,1H3,(H,22,23,24). The molecule has 1 amide bonds. The molecule has 2 aromatic rings. The molecule has 0 saturated carbocycles. The lowest BCUT2D eigenvalue weighted by atomic mass is 10.2. The molecule has 27 heavy (non-hydrogen) atoms. The van der Waals surface area contributed by atoms with Crippen molar-refractivity contribution >= 4 is 40.7 Å². The first-order valence-electron chi connectivity index (χ1n) is 8.32. The van der Waals surface area contributed by atoms with Gasteiger partial charge in [-0.2, -0.15) is 5.10 Å². The van der Waals surface area contributed by atoms with Gasteiger partial charge in [0, 0.05) is 11.6 Å². The average Bonchev–Trinajstić information content (AvgIpc) is 3.09. The third kappa shape index (κ3) is 5.48. The number of amidine groups is 1. The summed E-state index contributed by atoms with van der Waals surface area (Å²) in [5.74, 6) is 1.42. The minimum Gasteiger partial charge on any atom is -0.490 e. The van der Waals surface area contributed by atoms with E-state index in [0.29, 0.717) is 46.2 Å². The predicted molar refractivity (Wildman–Crippen MR) is 109 cm³/mol. The number of nitrogens with zero attached hydrogens (tertiary/aromatic N) is 2. The van der Waals surface area contributed by atoms with Crippen molar-refractivity contribution in [2.75, 3.05) is 12.4 Å². The van der Waals surface area contributed by atoms with E-state index in [4.69, 9.17) is 21.1 Å². The number of rotatable bonds is 7. The van der Waals surface area contributed by atoms with Crippen molar-refractivity contribution in [1.82, 2.24) is 5.32 Å². The van der Waals surface area contributed by atoms with Gasteiger partial charge in [0.05, 0.1) is 23.6 Å². The van der Waals surface area contributed by atoms with Crippen LogP contribution in [0.1, 0.15) is 18.1 Å². The summed E-state index contributed by atoms with van der Waals surface area (Å²) in [5.41, 5.74) is 1.69. The molecule has 1 aliphatic heterocycles. The van der Waals surface area contributed by atoms with Crippen LogP contribution in [0.5, 0.6) is 11.5 Å². The molecule has 1 saturated heterocycles. The zero-order chi connectivity index (χ0) is 19.1. The molecule has 0 aliphatic carbocycles. The summed E-state index contributed by atoms with van der Waals surface area (Å²) in [7, 11) is 0. The van der Waals surface area contributed by atoms with E-state index >= 15 is 0 Å². The monoisotopic (exact) mass is 403 g/mol. The average molecular weight is 404 g/mol. The molecule has 0 bridgehead atoms. The lowest BCUT2D eigenvalue weighted by Gasteiger charge is -2.13. The van der Waals surface area contributed by atoms with Crippen molar-refractivity contribution in [1.29, 1.82) is 0 Å². The van der Waals surface area contributed by atoms with Gasteiger partial charge in [0.1, 0.15) is 6.61 Å². The van der Waals surface area contributed by atoms with Crippen LogP contribution in [0, 0.1) is 0 Å². The van der Waals surface area contributed by atoms with Crippen molar-refractivity contribution in [3.8, 4) is 11.5 Å². The van der Waals surface area contributed by atoms with Crippen molar-refractivity contribution in [3.63, 3.8) is 0 Å². The molecule has 0 atom stereocenters. The Morgan fingerprint density at radius 3 is 2.70 bits per heavy atom. The topological polar surface area (TPSA) is 72.3 Å². The zero-order valence-corrected chi connectivity index (χ0v) is 16.2. The first-order chi connectivity index (χ1) is 13.2. The number of carbonyl (C=O) groups excluding carboxylic acids is 1. The van der Waals surface area contributed by atoms with E-state index in [1.165, 1.54) is 18.0 Å². The molecule has 8 heteroatoms. The van der Waals surface area contributed by atoms with E-state index in [9.17, 15) is 4.79 Å². The van der Waals surface area contributed by atoms with E-state index in [2.05, 4.69) is 15.5 Å². The number of benzene rings is 2. The smallest absolute Gasteiger partial charge is 0.236 e. The van der Waals surface area contributed by atoms with Crippen LogP contribution in [0.3, 0.4) is 0 Å². The third-order valence-electron chi connectivity index (χ3n) is 3.53. The first-order valence-corrected chi connectivity index (χ1v) is 9.69. The lowest BCUT2D eigenvalue weighted by molar-refractivity contribution is -0.116. The maximum atomic E-state index is 11.1. The van der Waals surface area contributed by atoms with Crippen LogP contribution >= 0.6 is 23.4 Å². The number of hydrogen-bond acceptors (Lipinski definition) is 6. The molecule has 1 N–H and O–H groups in total. The van der Waals surface area contributed by atoms with Crippen molar-refractivity contribution in [2.24, 2.45) is 10.2 Å². The molecular formula is C19H18ClN3O3S. The van der Waals surface area contributed by atoms with Gasteiger partial charge in [-0.25, -0.2) is 0 Å². The van der Waals surface area contributed by atoms with Gasteiger partial charge >= 0.3 is 0 Å². The number of hydrogen-bond donors (Lipinski definition) is 1. The van der Waals surface area contributed by atoms with E-state index in [-0.39, 0.29) is 5.91 Å². The van der Waals surface area contributed by atoms with Gasteiger partial charge in [-0.15, -0.1) is 5.10 Å². The number of ether oxygens (including phenoxy) is 2. The van der Waals surface area contributed by atoms with Crippen LogP contribution in [-0.2, 0) is 11.4 Å². The summed E-state index contributed by atoms with van der Waals surface area (Å²) >= 11 is 7.66. The highest BCUT2D eigenvalue weighted by Crippen LogP contribution is 2.33. The molecule has 1 heterocycles. The Kier molecular flexibility index (Phi) is 6.73. The SMILES string of the molecule is CCOc1cc(C=NN=C2NC(=O)CS2)c(Cl)cc1OCc1ccccc1. The summed E-state index contributed by atoms with van der Waals surface area (Å²) in [4.78, 5) is 11.1. The van der Waals surface area contributed by atoms with Gasteiger partial charge in [0.15, 0.2) is 16.7 Å². The second-order valence-corrected chi connectivity index (χ2v) is 6.89. The Bertz CT molecular complexity index is 872. The maximum Gasteiger partial charge on any atom is 0.236 e. The molecule has 3 rings (SSSR count). The van der Waals surface area contributed by atoms with Crippen molar-refractivity contribution < 1.29 is 14.3 Å². The fraction of sp³-hybridized carbons (Fsp3) is 0.211. The Hall–Kier alpha value is -2.51. The minimum atomic E-state index is -0.0782. The first kappa shape index (κ1) is 19.3. The van der Waals surface area contributed by atoms with Gasteiger partial charge in [-0.05, 0) is 18.6 Å². The van der Waals surface area contributed by atoms with Gasteiger partial charge in [0.2, 0.25) is 5.91 Å². The van der Waals surface area contributed by atoms with Crippen molar-refractivity contribution in [3.05, 3.63) is 58.6 Å². The largest absolute Gasteiger partial charge is 0.490 e. The zero-order valence-electron chi connectivity index (χ0n) is 14.6. The van der Waals surface area contributed by atoms with Crippen LogP contribution in [0.4, 0.5) is 0 Å². The fourth-order valence-electron chi connectivity index (χ4n) is 2.29. The van der Waals surface area contributed by atoms with Crippen LogP contribution < -0.4 is 14.8 Å². The lowest BCUT2D eigenvalue weighted by Crippen LogP contribution is -2.19. The Morgan fingerprint density at radius 2 is 2.00 bits per heavy atom. The number of halogens is 1. The molecular weight excluding hydrogens is 386 g/mol. The summed E-state index contributed by atoms with van der Waals surface area (Å²) in [6.45, 7) is 2.80. The van der Waals surface area contributed by atoms with Crippen LogP contribution in [-0.4, -0.2) is 29.6 Å². The highest BCUT2D eigenvalue weighted by molar-refractivity contribution is 8.15. The highest BCUT2D eigenvalue weighted by atomic mass is 35.5. The number of carbonyl (C=O) groups is 1. The third-order valence-corrected chi connectivity index (χ3v) is 4.72. The van der Waals surface area contributed by atoms with Gasteiger partial charge < -0.3 is 14.8 Å². The Balaban J connectivity index is 1.75. The van der Waals surface area contributed by atoms with Crippen LogP contribution in [0.25, 0.3) is 0 Å². The quantitative estimate of drug-likeness (QED) is 0.562. The molecule has 0 radical (unpaired) electrons. The summed E-state index contributed by atoms with van der Waals surface area (Å²) in [6, 6.07) is 13.3. The van der Waals surface area contributed by atoms with E-state index in [1.807, 2.05) is 37.3 Å². The normalized spacial score (nSPS) is 15.3. The number of amides is 1. The molecule has 0 spiro atoms. The minimum absolute atomic E-state index is 0.0782. The second-order valence-electron chi connectivity index (χ2n) is 5.51. The second kappa shape index (κ2) is 9.43. The van der Waals surface area contributed by atoms with E-state index < -0.39 is 0 Å². The number of nitrogens with one attached hydrogen (secondary N) is 1. The van der Waals surface area contributed by atoms with E-state index in [1.54, 1.807) is 12.1 Å².